The van der Waals surface area contributed by atoms with Crippen molar-refractivity contribution in [3.63, 3.8) is 0 Å². The van der Waals surface area contributed by atoms with E-state index in [-0.39, 0.29) is 5.91 Å². The Morgan fingerprint density at radius 2 is 2.08 bits per heavy atom. The number of nitrogens with zero attached hydrogens (tertiary/aromatic N) is 1. The van der Waals surface area contributed by atoms with Crippen LogP contribution < -0.4 is 4.74 Å². The monoisotopic (exact) mass is 343 g/mol. The summed E-state index contributed by atoms with van der Waals surface area (Å²) in [5.74, 6) is 1.13. The van der Waals surface area contributed by atoms with Crippen molar-refractivity contribution in [2.45, 2.75) is 51.2 Å². The molecule has 0 spiro atoms. The molecule has 1 aromatic heterocycles. The highest BCUT2D eigenvalue weighted by molar-refractivity contribution is 7.09. The predicted octanol–water partition coefficient (Wildman–Crippen LogP) is 4.66. The number of carbonyl (C=O) groups is 1. The summed E-state index contributed by atoms with van der Waals surface area (Å²) in [6.45, 7) is 0.696. The van der Waals surface area contributed by atoms with E-state index < -0.39 is 0 Å². The van der Waals surface area contributed by atoms with Crippen LogP contribution in [-0.2, 0) is 17.8 Å². The average molecular weight is 343 g/mol. The molecule has 1 aliphatic rings. The number of thiophene rings is 1. The first-order valence-electron chi connectivity index (χ1n) is 8.72. The molecule has 0 bridgehead atoms. The number of benzene rings is 1. The fraction of sp³-hybridized carbons (Fsp3) is 0.450. The molecule has 2 aromatic rings. The van der Waals surface area contributed by atoms with Gasteiger partial charge in [-0.05, 0) is 61.2 Å². The maximum absolute atomic E-state index is 12.3. The second-order valence-corrected chi connectivity index (χ2v) is 7.53. The highest BCUT2D eigenvalue weighted by Crippen LogP contribution is 2.25. The molecule has 1 fully saturated rings. The van der Waals surface area contributed by atoms with Crippen molar-refractivity contribution in [1.29, 1.82) is 0 Å². The van der Waals surface area contributed by atoms with Crippen LogP contribution in [0.1, 0.15) is 42.5 Å². The number of hydrogen-bond donors (Lipinski definition) is 0. The van der Waals surface area contributed by atoms with Crippen LogP contribution in [0.15, 0.2) is 41.8 Å². The van der Waals surface area contributed by atoms with E-state index in [1.807, 2.05) is 35.5 Å². The first kappa shape index (κ1) is 17.0. The zero-order chi connectivity index (χ0) is 16.8. The van der Waals surface area contributed by atoms with E-state index in [1.165, 1.54) is 23.3 Å². The van der Waals surface area contributed by atoms with Gasteiger partial charge in [0.2, 0.25) is 5.91 Å². The van der Waals surface area contributed by atoms with Gasteiger partial charge in [0.25, 0.3) is 0 Å². The Kier molecular flexibility index (Phi) is 5.91. The van der Waals surface area contributed by atoms with Crippen LogP contribution in [0.4, 0.5) is 0 Å². The Labute approximate surface area is 148 Å². The third-order valence-electron chi connectivity index (χ3n) is 4.53. The summed E-state index contributed by atoms with van der Waals surface area (Å²) in [5.41, 5.74) is 1.17. The Hall–Kier alpha value is -1.81. The summed E-state index contributed by atoms with van der Waals surface area (Å²) in [5, 5.41) is 2.05. The van der Waals surface area contributed by atoms with Gasteiger partial charge in [-0.2, -0.15) is 0 Å². The number of amides is 1. The number of hydrogen-bond acceptors (Lipinski definition) is 3. The Morgan fingerprint density at radius 1 is 1.25 bits per heavy atom. The van der Waals surface area contributed by atoms with E-state index in [4.69, 9.17) is 4.74 Å². The lowest BCUT2D eigenvalue weighted by Crippen LogP contribution is -2.25. The molecule has 0 unspecified atom stereocenters. The summed E-state index contributed by atoms with van der Waals surface area (Å²) in [7, 11) is 1.88. The van der Waals surface area contributed by atoms with Crippen LogP contribution in [0.25, 0.3) is 0 Å². The molecule has 1 amide bonds. The van der Waals surface area contributed by atoms with Crippen molar-refractivity contribution in [3.8, 4) is 5.75 Å². The van der Waals surface area contributed by atoms with Crippen molar-refractivity contribution in [1.82, 2.24) is 4.90 Å². The molecule has 3 nitrogen and oxygen atoms in total. The lowest BCUT2D eigenvalue weighted by Gasteiger charge is -2.17. The van der Waals surface area contributed by atoms with Gasteiger partial charge in [-0.15, -0.1) is 11.3 Å². The Morgan fingerprint density at radius 3 is 2.83 bits per heavy atom. The molecule has 0 atom stereocenters. The van der Waals surface area contributed by atoms with E-state index in [0.717, 1.165) is 25.0 Å². The van der Waals surface area contributed by atoms with E-state index in [0.29, 0.717) is 19.1 Å². The van der Waals surface area contributed by atoms with Crippen molar-refractivity contribution >= 4 is 17.2 Å². The van der Waals surface area contributed by atoms with Gasteiger partial charge in [-0.1, -0.05) is 18.2 Å². The molecule has 1 aromatic carbocycles. The number of rotatable bonds is 7. The Bertz CT molecular complexity index is 647. The largest absolute Gasteiger partial charge is 0.490 e. The van der Waals surface area contributed by atoms with Gasteiger partial charge in [-0.25, -0.2) is 0 Å². The third-order valence-corrected chi connectivity index (χ3v) is 5.39. The quantitative estimate of drug-likeness (QED) is 0.732. The minimum Gasteiger partial charge on any atom is -0.490 e. The lowest BCUT2D eigenvalue weighted by atomic mass is 10.1. The highest BCUT2D eigenvalue weighted by atomic mass is 32.1. The van der Waals surface area contributed by atoms with E-state index in [1.54, 1.807) is 11.3 Å². The maximum atomic E-state index is 12.3. The number of aryl methyl sites for hydroxylation is 1. The third kappa shape index (κ3) is 4.84. The maximum Gasteiger partial charge on any atom is 0.222 e. The smallest absolute Gasteiger partial charge is 0.222 e. The molecule has 0 N–H and O–H groups in total. The molecule has 1 aliphatic carbocycles. The summed E-state index contributed by atoms with van der Waals surface area (Å²) < 4.78 is 6.05. The van der Waals surface area contributed by atoms with Gasteiger partial charge < -0.3 is 9.64 Å². The number of carbonyl (C=O) groups excluding carboxylic acids is 1. The molecule has 0 aliphatic heterocycles. The van der Waals surface area contributed by atoms with Crippen LogP contribution in [0.2, 0.25) is 0 Å². The molecular formula is C20H25NO2S. The van der Waals surface area contributed by atoms with Crippen LogP contribution in [-0.4, -0.2) is 24.0 Å². The van der Waals surface area contributed by atoms with Gasteiger partial charge in [-0.3, -0.25) is 4.79 Å². The lowest BCUT2D eigenvalue weighted by molar-refractivity contribution is -0.130. The predicted molar refractivity (Wildman–Crippen MR) is 98.4 cm³/mol. The molecule has 3 rings (SSSR count). The van der Waals surface area contributed by atoms with Crippen molar-refractivity contribution in [3.05, 3.63) is 52.2 Å². The molecule has 0 radical (unpaired) electrons. The average Bonchev–Trinajstić information content (AvgIpc) is 3.27. The normalized spacial score (nSPS) is 14.7. The first-order valence-corrected chi connectivity index (χ1v) is 9.60. The minimum absolute atomic E-state index is 0.186. The van der Waals surface area contributed by atoms with Gasteiger partial charge in [0, 0.05) is 18.3 Å². The summed E-state index contributed by atoms with van der Waals surface area (Å²) >= 11 is 1.69. The van der Waals surface area contributed by atoms with E-state index in [9.17, 15) is 4.79 Å². The standard InChI is InChI=1S/C20H25NO2S/c1-21(15-19-10-5-13-24-19)20(22)12-11-16-6-4-9-18(14-16)23-17-7-2-3-8-17/h4-6,9-10,13-14,17H,2-3,7-8,11-12,15H2,1H3. The van der Waals surface area contributed by atoms with Gasteiger partial charge in [0.05, 0.1) is 12.6 Å². The van der Waals surface area contributed by atoms with Crippen molar-refractivity contribution < 1.29 is 9.53 Å². The van der Waals surface area contributed by atoms with Crippen LogP contribution >= 0.6 is 11.3 Å². The van der Waals surface area contributed by atoms with Gasteiger partial charge in [0.15, 0.2) is 0 Å². The molecule has 1 heterocycles. The topological polar surface area (TPSA) is 29.5 Å². The first-order chi connectivity index (χ1) is 11.7. The zero-order valence-corrected chi connectivity index (χ0v) is 15.1. The van der Waals surface area contributed by atoms with Gasteiger partial charge in [0.1, 0.15) is 5.75 Å². The van der Waals surface area contributed by atoms with E-state index in [2.05, 4.69) is 18.2 Å². The van der Waals surface area contributed by atoms with Crippen LogP contribution in [0, 0.1) is 0 Å². The Balaban J connectivity index is 1.49. The summed E-state index contributed by atoms with van der Waals surface area (Å²) in [6.07, 6.45) is 6.54. The van der Waals surface area contributed by atoms with Crippen LogP contribution in [0.3, 0.4) is 0 Å². The van der Waals surface area contributed by atoms with Crippen molar-refractivity contribution in [2.75, 3.05) is 7.05 Å². The molecule has 4 heteroatoms. The number of ether oxygens (including phenoxy) is 1. The fourth-order valence-electron chi connectivity index (χ4n) is 3.14. The summed E-state index contributed by atoms with van der Waals surface area (Å²) in [4.78, 5) is 15.3. The van der Waals surface area contributed by atoms with Crippen molar-refractivity contribution in [2.24, 2.45) is 0 Å². The second kappa shape index (κ2) is 8.34. The molecular weight excluding hydrogens is 318 g/mol. The van der Waals surface area contributed by atoms with Gasteiger partial charge >= 0.3 is 0 Å². The zero-order valence-electron chi connectivity index (χ0n) is 14.2. The molecule has 0 saturated heterocycles. The second-order valence-electron chi connectivity index (χ2n) is 6.50. The highest BCUT2D eigenvalue weighted by Gasteiger charge is 2.16. The summed E-state index contributed by atoms with van der Waals surface area (Å²) in [6, 6.07) is 12.3. The fourth-order valence-corrected chi connectivity index (χ4v) is 3.90. The van der Waals surface area contributed by atoms with Crippen LogP contribution in [0.5, 0.6) is 5.75 Å². The SMILES string of the molecule is CN(Cc1cccs1)C(=O)CCc1cccc(OC2CCCC2)c1. The van der Waals surface area contributed by atoms with E-state index >= 15 is 0 Å². The molecule has 24 heavy (non-hydrogen) atoms. The molecule has 1 saturated carbocycles. The molecule has 128 valence electrons. The minimum atomic E-state index is 0.186.